The number of carboxylic acid groups (broad SMARTS) is 1. The molecule has 6 heteroatoms. The molecule has 1 saturated carbocycles. The molecule has 1 aliphatic rings. The summed E-state index contributed by atoms with van der Waals surface area (Å²) in [5, 5.41) is 12.5. The van der Waals surface area contributed by atoms with Crippen LogP contribution in [0, 0.1) is 5.92 Å². The molecule has 0 bridgehead atoms. The molecule has 1 aliphatic carbocycles. The topological polar surface area (TPSA) is 92.4 Å². The van der Waals surface area contributed by atoms with Crippen LogP contribution in [-0.2, 0) is 4.79 Å². The van der Waals surface area contributed by atoms with Crippen molar-refractivity contribution in [3.8, 4) is 11.3 Å². The van der Waals surface area contributed by atoms with Gasteiger partial charge in [-0.2, -0.15) is 0 Å². The van der Waals surface area contributed by atoms with Crippen molar-refractivity contribution in [1.29, 1.82) is 0 Å². The Hall–Kier alpha value is -2.63. The first kappa shape index (κ1) is 17.2. The van der Waals surface area contributed by atoms with Crippen molar-refractivity contribution in [3.63, 3.8) is 0 Å². The molecule has 2 N–H and O–H groups in total. The minimum absolute atomic E-state index is 0.360. The van der Waals surface area contributed by atoms with Crippen LogP contribution in [-0.4, -0.2) is 27.5 Å². The van der Waals surface area contributed by atoms with Crippen molar-refractivity contribution in [3.05, 3.63) is 42.4 Å². The van der Waals surface area contributed by atoms with Crippen molar-refractivity contribution >= 4 is 11.9 Å². The van der Waals surface area contributed by atoms with Gasteiger partial charge < -0.3 is 14.8 Å². The molecule has 2 aromatic rings. The highest BCUT2D eigenvalue weighted by molar-refractivity contribution is 5.98. The summed E-state index contributed by atoms with van der Waals surface area (Å²) in [5.74, 6) is -0.146. The van der Waals surface area contributed by atoms with E-state index in [4.69, 9.17) is 4.42 Å². The fourth-order valence-electron chi connectivity index (χ4n) is 3.40. The van der Waals surface area contributed by atoms with Crippen LogP contribution >= 0.6 is 0 Å². The predicted molar refractivity (Wildman–Crippen MR) is 92.0 cm³/mol. The number of hydrogen-bond donors (Lipinski definition) is 2. The Balaban J connectivity index is 1.72. The second kappa shape index (κ2) is 7.09. The SMILES string of the molecule is CCC1CCC(NC(=O)c2ccc(-c3cnco3)cc2)(C(=O)O)CC1. The molecule has 0 saturated heterocycles. The minimum Gasteiger partial charge on any atom is -0.480 e. The van der Waals surface area contributed by atoms with Crippen molar-refractivity contribution in [2.45, 2.75) is 44.6 Å². The van der Waals surface area contributed by atoms with Crippen LogP contribution in [0.1, 0.15) is 49.4 Å². The van der Waals surface area contributed by atoms with Crippen LogP contribution in [0.25, 0.3) is 11.3 Å². The molecular weight excluding hydrogens is 320 g/mol. The lowest BCUT2D eigenvalue weighted by atomic mass is 9.75. The Morgan fingerprint density at radius 3 is 2.48 bits per heavy atom. The Morgan fingerprint density at radius 2 is 1.96 bits per heavy atom. The molecular formula is C19H22N2O4. The maximum Gasteiger partial charge on any atom is 0.329 e. The summed E-state index contributed by atoms with van der Waals surface area (Å²) in [6, 6.07) is 6.86. The van der Waals surface area contributed by atoms with Gasteiger partial charge in [0.25, 0.3) is 5.91 Å². The number of nitrogens with one attached hydrogen (secondary N) is 1. The van der Waals surface area contributed by atoms with Crippen molar-refractivity contribution in [2.75, 3.05) is 0 Å². The van der Waals surface area contributed by atoms with Crippen LogP contribution in [0.3, 0.4) is 0 Å². The largest absolute Gasteiger partial charge is 0.480 e. The maximum atomic E-state index is 12.6. The van der Waals surface area contributed by atoms with Gasteiger partial charge in [-0.3, -0.25) is 4.79 Å². The van der Waals surface area contributed by atoms with Crippen molar-refractivity contribution in [1.82, 2.24) is 10.3 Å². The minimum atomic E-state index is -1.16. The summed E-state index contributed by atoms with van der Waals surface area (Å²) in [6.07, 6.45) is 6.60. The molecule has 0 aliphatic heterocycles. The molecule has 0 unspecified atom stereocenters. The van der Waals surface area contributed by atoms with Crippen molar-refractivity contribution < 1.29 is 19.1 Å². The lowest BCUT2D eigenvalue weighted by Gasteiger charge is -2.37. The maximum absolute atomic E-state index is 12.6. The van der Waals surface area contributed by atoms with Crippen LogP contribution in [0.5, 0.6) is 0 Å². The highest BCUT2D eigenvalue weighted by Crippen LogP contribution is 2.34. The first-order valence-corrected chi connectivity index (χ1v) is 8.59. The Labute approximate surface area is 146 Å². The monoisotopic (exact) mass is 342 g/mol. The summed E-state index contributed by atoms with van der Waals surface area (Å²) in [6.45, 7) is 2.12. The van der Waals surface area contributed by atoms with E-state index in [-0.39, 0.29) is 5.91 Å². The zero-order valence-electron chi connectivity index (χ0n) is 14.2. The lowest BCUT2D eigenvalue weighted by Crippen LogP contribution is -2.56. The fraction of sp³-hybridized carbons (Fsp3) is 0.421. The van der Waals surface area contributed by atoms with E-state index in [1.807, 2.05) is 0 Å². The number of rotatable bonds is 5. The zero-order chi connectivity index (χ0) is 17.9. The number of hydrogen-bond acceptors (Lipinski definition) is 4. The Morgan fingerprint density at radius 1 is 1.28 bits per heavy atom. The molecule has 6 nitrogen and oxygen atoms in total. The third-order valence-corrected chi connectivity index (χ3v) is 5.16. The van der Waals surface area contributed by atoms with Gasteiger partial charge in [0.15, 0.2) is 12.2 Å². The van der Waals surface area contributed by atoms with Crippen LogP contribution in [0.2, 0.25) is 0 Å². The van der Waals surface area contributed by atoms with Gasteiger partial charge in [-0.05, 0) is 43.7 Å². The quantitative estimate of drug-likeness (QED) is 0.867. The van der Waals surface area contributed by atoms with Gasteiger partial charge in [0.1, 0.15) is 5.54 Å². The second-order valence-electron chi connectivity index (χ2n) is 6.64. The standard InChI is InChI=1S/C19H22N2O4/c1-2-13-7-9-19(10-8-13,18(23)24)21-17(22)15-5-3-14(4-6-15)16-11-20-12-25-16/h3-6,11-13H,2,7-10H2,1H3,(H,21,22)(H,23,24). The van der Waals surface area contributed by atoms with E-state index in [0.29, 0.717) is 30.1 Å². The first-order chi connectivity index (χ1) is 12.0. The molecule has 0 spiro atoms. The van der Waals surface area contributed by atoms with Gasteiger partial charge in [-0.15, -0.1) is 0 Å². The lowest BCUT2D eigenvalue weighted by molar-refractivity contribution is -0.146. The number of carboxylic acids is 1. The highest BCUT2D eigenvalue weighted by atomic mass is 16.4. The van der Waals surface area contributed by atoms with E-state index in [1.54, 1.807) is 30.5 Å². The summed E-state index contributed by atoms with van der Waals surface area (Å²) < 4.78 is 5.22. The number of aliphatic carboxylic acids is 1. The smallest absolute Gasteiger partial charge is 0.329 e. The van der Waals surface area contributed by atoms with E-state index in [1.165, 1.54) is 6.39 Å². The molecule has 1 amide bonds. The van der Waals surface area contributed by atoms with Crippen LogP contribution < -0.4 is 5.32 Å². The van der Waals surface area contributed by atoms with E-state index in [2.05, 4.69) is 17.2 Å². The summed E-state index contributed by atoms with van der Waals surface area (Å²) >= 11 is 0. The Kier molecular flexibility index (Phi) is 4.88. The van der Waals surface area contributed by atoms with E-state index in [0.717, 1.165) is 24.8 Å². The summed E-state index contributed by atoms with van der Waals surface area (Å²) in [4.78, 5) is 28.2. The third kappa shape index (κ3) is 3.57. The van der Waals surface area contributed by atoms with Gasteiger partial charge in [0.05, 0.1) is 6.20 Å². The number of oxazole rings is 1. The average Bonchev–Trinajstić information content (AvgIpc) is 3.17. The average molecular weight is 342 g/mol. The first-order valence-electron chi connectivity index (χ1n) is 8.59. The molecule has 0 radical (unpaired) electrons. The molecule has 3 rings (SSSR count). The van der Waals surface area contributed by atoms with Gasteiger partial charge in [0.2, 0.25) is 0 Å². The number of amides is 1. The molecule has 1 aromatic carbocycles. The fourth-order valence-corrected chi connectivity index (χ4v) is 3.40. The number of benzene rings is 1. The van der Waals surface area contributed by atoms with Gasteiger partial charge in [-0.25, -0.2) is 9.78 Å². The van der Waals surface area contributed by atoms with Crippen LogP contribution in [0.15, 0.2) is 41.3 Å². The third-order valence-electron chi connectivity index (χ3n) is 5.16. The number of carbonyl (C=O) groups excluding carboxylic acids is 1. The predicted octanol–water partition coefficient (Wildman–Crippen LogP) is 3.50. The Bertz CT molecular complexity index is 729. The van der Waals surface area contributed by atoms with Crippen molar-refractivity contribution in [2.24, 2.45) is 5.92 Å². The van der Waals surface area contributed by atoms with Gasteiger partial charge in [0, 0.05) is 11.1 Å². The van der Waals surface area contributed by atoms with Gasteiger partial charge in [-0.1, -0.05) is 25.5 Å². The molecule has 1 heterocycles. The molecule has 132 valence electrons. The van der Waals surface area contributed by atoms with E-state index in [9.17, 15) is 14.7 Å². The second-order valence-corrected chi connectivity index (χ2v) is 6.64. The van der Waals surface area contributed by atoms with Crippen LogP contribution in [0.4, 0.5) is 0 Å². The van der Waals surface area contributed by atoms with E-state index < -0.39 is 11.5 Å². The number of aromatic nitrogens is 1. The summed E-state index contributed by atoms with van der Waals surface area (Å²) in [7, 11) is 0. The summed E-state index contributed by atoms with van der Waals surface area (Å²) in [5.41, 5.74) is 0.0822. The number of nitrogens with zero attached hydrogens (tertiary/aromatic N) is 1. The zero-order valence-corrected chi connectivity index (χ0v) is 14.2. The molecule has 1 aromatic heterocycles. The normalized spacial score (nSPS) is 23.2. The molecule has 25 heavy (non-hydrogen) atoms. The highest BCUT2D eigenvalue weighted by Gasteiger charge is 2.43. The molecule has 0 atom stereocenters. The molecule has 1 fully saturated rings. The van der Waals surface area contributed by atoms with Gasteiger partial charge >= 0.3 is 5.97 Å². The number of carbonyl (C=O) groups is 2. The van der Waals surface area contributed by atoms with E-state index >= 15 is 0 Å².